The van der Waals surface area contributed by atoms with Crippen molar-refractivity contribution in [1.82, 2.24) is 4.90 Å². The number of likely N-dealkylation sites (tertiary alicyclic amines) is 1. The van der Waals surface area contributed by atoms with Gasteiger partial charge in [0.1, 0.15) is 4.92 Å². The summed E-state index contributed by atoms with van der Waals surface area (Å²) in [6, 6.07) is 2.46. The molecule has 0 bridgehead atoms. The van der Waals surface area contributed by atoms with Crippen LogP contribution in [0.25, 0.3) is 0 Å². The molecule has 0 saturated carbocycles. The number of carbonyl (C=O) groups excluding carboxylic acids is 1. The molecule has 7 heteroatoms. The van der Waals surface area contributed by atoms with Gasteiger partial charge in [0.25, 0.3) is 5.91 Å². The molecule has 1 fully saturated rings. The second-order valence-electron chi connectivity index (χ2n) is 3.69. The highest BCUT2D eigenvalue weighted by molar-refractivity contribution is 5.92. The van der Waals surface area contributed by atoms with Crippen molar-refractivity contribution in [2.24, 2.45) is 5.73 Å². The maximum atomic E-state index is 11.8. The maximum absolute atomic E-state index is 11.8. The van der Waals surface area contributed by atoms with Crippen molar-refractivity contribution in [3.8, 4) is 0 Å². The number of hydrogen-bond donors (Lipinski definition) is 1. The molecule has 7 nitrogen and oxygen atoms in total. The van der Waals surface area contributed by atoms with Crippen LogP contribution in [0.2, 0.25) is 0 Å². The van der Waals surface area contributed by atoms with E-state index in [-0.39, 0.29) is 17.7 Å². The van der Waals surface area contributed by atoms with E-state index < -0.39 is 10.8 Å². The Balaban J connectivity index is 2.11. The van der Waals surface area contributed by atoms with E-state index in [9.17, 15) is 14.9 Å². The largest absolute Gasteiger partial charge is 0.433 e. The average molecular weight is 225 g/mol. The fraction of sp³-hybridized carbons (Fsp3) is 0.444. The minimum atomic E-state index is -0.674. The first-order chi connectivity index (χ1) is 7.58. The Morgan fingerprint density at radius 2 is 2.38 bits per heavy atom. The van der Waals surface area contributed by atoms with Crippen LogP contribution in [0.15, 0.2) is 16.5 Å². The number of nitrogens with two attached hydrogens (primary N) is 1. The Morgan fingerprint density at radius 3 is 2.88 bits per heavy atom. The van der Waals surface area contributed by atoms with E-state index >= 15 is 0 Å². The lowest BCUT2D eigenvalue weighted by Crippen LogP contribution is -2.31. The van der Waals surface area contributed by atoms with Gasteiger partial charge in [0.05, 0.1) is 6.07 Å². The minimum Gasteiger partial charge on any atom is -0.395 e. The van der Waals surface area contributed by atoms with Gasteiger partial charge in [-0.2, -0.15) is 0 Å². The fourth-order valence-electron chi connectivity index (χ4n) is 1.67. The molecule has 0 spiro atoms. The van der Waals surface area contributed by atoms with Crippen LogP contribution in [0.3, 0.4) is 0 Å². The van der Waals surface area contributed by atoms with Crippen LogP contribution in [-0.4, -0.2) is 34.9 Å². The van der Waals surface area contributed by atoms with E-state index in [0.29, 0.717) is 13.1 Å². The molecule has 2 heterocycles. The van der Waals surface area contributed by atoms with Crippen LogP contribution >= 0.6 is 0 Å². The number of furan rings is 1. The molecule has 0 aliphatic carbocycles. The fourth-order valence-corrected chi connectivity index (χ4v) is 1.67. The Labute approximate surface area is 91.0 Å². The zero-order valence-corrected chi connectivity index (χ0v) is 8.46. The van der Waals surface area contributed by atoms with Gasteiger partial charge in [0.2, 0.25) is 0 Å². The molecule has 1 unspecified atom stereocenters. The summed E-state index contributed by atoms with van der Waals surface area (Å²) in [4.78, 5) is 23.0. The third kappa shape index (κ3) is 1.89. The van der Waals surface area contributed by atoms with Crippen LogP contribution in [0.5, 0.6) is 0 Å². The van der Waals surface area contributed by atoms with Crippen LogP contribution in [0.1, 0.15) is 17.0 Å². The predicted octanol–water partition coefficient (Wildman–Crippen LogP) is 0.361. The first kappa shape index (κ1) is 10.6. The Kier molecular flexibility index (Phi) is 2.61. The highest BCUT2D eigenvalue weighted by Crippen LogP contribution is 2.19. The monoisotopic (exact) mass is 225 g/mol. The highest BCUT2D eigenvalue weighted by Gasteiger charge is 2.27. The molecular formula is C9H11N3O4. The summed E-state index contributed by atoms with van der Waals surface area (Å²) < 4.78 is 4.82. The number of rotatable bonds is 2. The molecule has 86 valence electrons. The van der Waals surface area contributed by atoms with E-state index in [1.165, 1.54) is 17.0 Å². The SMILES string of the molecule is NC1CCN(C(=O)c2ccc([N+](=O)[O-])o2)C1. The van der Waals surface area contributed by atoms with Gasteiger partial charge in [-0.1, -0.05) is 0 Å². The Morgan fingerprint density at radius 1 is 1.62 bits per heavy atom. The van der Waals surface area contributed by atoms with Crippen LogP contribution in [0.4, 0.5) is 5.88 Å². The van der Waals surface area contributed by atoms with E-state index in [0.717, 1.165) is 6.42 Å². The summed E-state index contributed by atoms with van der Waals surface area (Å²) >= 11 is 0. The number of hydrogen-bond acceptors (Lipinski definition) is 5. The van der Waals surface area contributed by atoms with Crippen LogP contribution < -0.4 is 5.73 Å². The predicted molar refractivity (Wildman–Crippen MR) is 53.9 cm³/mol. The standard InChI is InChI=1S/C9H11N3O4/c10-6-3-4-11(5-6)9(13)7-1-2-8(16-7)12(14)15/h1-2,6H,3-5,10H2. The molecule has 1 atom stereocenters. The molecule has 16 heavy (non-hydrogen) atoms. The zero-order valence-electron chi connectivity index (χ0n) is 8.46. The maximum Gasteiger partial charge on any atom is 0.433 e. The van der Waals surface area contributed by atoms with Crippen LogP contribution in [0, 0.1) is 10.1 Å². The minimum absolute atomic E-state index is 0.0131. The number of amides is 1. The van der Waals surface area contributed by atoms with Crippen LogP contribution in [-0.2, 0) is 0 Å². The Hall–Kier alpha value is -1.89. The second kappa shape index (κ2) is 3.93. The lowest BCUT2D eigenvalue weighted by atomic mass is 10.3. The van der Waals surface area contributed by atoms with Crippen molar-refractivity contribution in [2.45, 2.75) is 12.5 Å². The third-order valence-electron chi connectivity index (χ3n) is 2.49. The quantitative estimate of drug-likeness (QED) is 0.578. The summed E-state index contributed by atoms with van der Waals surface area (Å²) in [6.45, 7) is 1.03. The zero-order chi connectivity index (χ0) is 11.7. The van der Waals surface area contributed by atoms with Crippen molar-refractivity contribution < 1.29 is 14.1 Å². The summed E-state index contributed by atoms with van der Waals surface area (Å²) in [7, 11) is 0. The van der Waals surface area contributed by atoms with Gasteiger partial charge in [0, 0.05) is 19.1 Å². The normalized spacial score (nSPS) is 20.1. The van der Waals surface area contributed by atoms with Gasteiger partial charge in [-0.25, -0.2) is 0 Å². The van der Waals surface area contributed by atoms with Gasteiger partial charge in [0.15, 0.2) is 5.76 Å². The molecule has 0 radical (unpaired) electrons. The lowest BCUT2D eigenvalue weighted by Gasteiger charge is -2.13. The molecule has 1 saturated heterocycles. The average Bonchev–Trinajstić information content (AvgIpc) is 2.84. The second-order valence-corrected chi connectivity index (χ2v) is 3.69. The van der Waals surface area contributed by atoms with Gasteiger partial charge in [-0.05, 0) is 12.5 Å². The van der Waals surface area contributed by atoms with E-state index in [2.05, 4.69) is 0 Å². The van der Waals surface area contributed by atoms with Crippen molar-refractivity contribution in [1.29, 1.82) is 0 Å². The van der Waals surface area contributed by atoms with Gasteiger partial charge in [-0.3, -0.25) is 14.9 Å². The smallest absolute Gasteiger partial charge is 0.395 e. The lowest BCUT2D eigenvalue weighted by molar-refractivity contribution is -0.402. The summed E-state index contributed by atoms with van der Waals surface area (Å²) in [5.41, 5.74) is 5.66. The summed E-state index contributed by atoms with van der Waals surface area (Å²) in [6.07, 6.45) is 0.745. The van der Waals surface area contributed by atoms with E-state index in [1.54, 1.807) is 0 Å². The van der Waals surface area contributed by atoms with Gasteiger partial charge >= 0.3 is 5.88 Å². The van der Waals surface area contributed by atoms with Crippen molar-refractivity contribution in [2.75, 3.05) is 13.1 Å². The molecular weight excluding hydrogens is 214 g/mol. The molecule has 1 aromatic heterocycles. The number of carbonyl (C=O) groups is 1. The molecule has 1 aromatic rings. The molecule has 1 aliphatic rings. The van der Waals surface area contributed by atoms with E-state index in [4.69, 9.17) is 10.2 Å². The number of nitrogens with zero attached hydrogens (tertiary/aromatic N) is 2. The summed E-state index contributed by atoms with van der Waals surface area (Å²) in [5, 5.41) is 10.4. The first-order valence-corrected chi connectivity index (χ1v) is 4.87. The molecule has 2 N–H and O–H groups in total. The van der Waals surface area contributed by atoms with Crippen molar-refractivity contribution in [3.05, 3.63) is 28.0 Å². The molecule has 1 aliphatic heterocycles. The number of nitro groups is 1. The van der Waals surface area contributed by atoms with Crippen molar-refractivity contribution >= 4 is 11.8 Å². The topological polar surface area (TPSA) is 103 Å². The highest BCUT2D eigenvalue weighted by atomic mass is 16.6. The third-order valence-corrected chi connectivity index (χ3v) is 2.49. The molecule has 2 rings (SSSR count). The van der Waals surface area contributed by atoms with Crippen molar-refractivity contribution in [3.63, 3.8) is 0 Å². The van der Waals surface area contributed by atoms with E-state index in [1.807, 2.05) is 0 Å². The summed E-state index contributed by atoms with van der Waals surface area (Å²) in [5.74, 6) is -0.784. The molecule has 0 aromatic carbocycles. The van der Waals surface area contributed by atoms with Gasteiger partial charge < -0.3 is 15.1 Å². The molecule has 1 amide bonds. The van der Waals surface area contributed by atoms with Gasteiger partial charge in [-0.15, -0.1) is 0 Å². The Bertz CT molecular complexity index is 428. The first-order valence-electron chi connectivity index (χ1n) is 4.87.